The molecule has 0 aromatic heterocycles. The van der Waals surface area contributed by atoms with Crippen molar-refractivity contribution < 1.29 is 4.79 Å². The molecule has 5 heteroatoms. The molecule has 1 heterocycles. The second kappa shape index (κ2) is 5.37. The van der Waals surface area contributed by atoms with E-state index in [4.69, 9.17) is 5.53 Å². The van der Waals surface area contributed by atoms with Crippen LogP contribution in [0.2, 0.25) is 0 Å². The summed E-state index contributed by atoms with van der Waals surface area (Å²) in [7, 11) is 0. The van der Waals surface area contributed by atoms with Crippen molar-refractivity contribution in [3.05, 3.63) is 46.3 Å². The Morgan fingerprint density at radius 1 is 1.41 bits per heavy atom. The maximum Gasteiger partial charge on any atom is 0.222 e. The quantitative estimate of drug-likeness (QED) is 0.444. The summed E-state index contributed by atoms with van der Waals surface area (Å²) in [5, 5.41) is 3.57. The topological polar surface area (TPSA) is 69.1 Å². The van der Waals surface area contributed by atoms with E-state index in [0.29, 0.717) is 19.5 Å². The zero-order valence-electron chi connectivity index (χ0n) is 9.49. The monoisotopic (exact) mass is 230 g/mol. The number of hydrogen-bond donors (Lipinski definition) is 0. The number of likely N-dealkylation sites (tertiary alicyclic amines) is 1. The molecule has 1 fully saturated rings. The van der Waals surface area contributed by atoms with Crippen molar-refractivity contribution in [1.29, 1.82) is 0 Å². The minimum Gasteiger partial charge on any atom is -0.342 e. The molecule has 0 saturated carbocycles. The van der Waals surface area contributed by atoms with Crippen LogP contribution in [0.15, 0.2) is 35.4 Å². The summed E-state index contributed by atoms with van der Waals surface area (Å²) in [6.45, 7) is 1.13. The van der Waals surface area contributed by atoms with E-state index in [-0.39, 0.29) is 11.9 Å². The van der Waals surface area contributed by atoms with Gasteiger partial charge in [-0.2, -0.15) is 0 Å². The van der Waals surface area contributed by atoms with Gasteiger partial charge < -0.3 is 4.90 Å². The molecule has 0 bridgehead atoms. The second-order valence-corrected chi connectivity index (χ2v) is 4.14. The van der Waals surface area contributed by atoms with Gasteiger partial charge in [0, 0.05) is 24.4 Å². The van der Waals surface area contributed by atoms with Crippen molar-refractivity contribution in [2.75, 3.05) is 13.1 Å². The molecule has 0 radical (unpaired) electrons. The predicted octanol–water partition coefficient (Wildman–Crippen LogP) is 2.14. The lowest BCUT2D eigenvalue weighted by molar-refractivity contribution is -0.135. The van der Waals surface area contributed by atoms with Crippen LogP contribution in [-0.4, -0.2) is 29.9 Å². The normalized spacial score (nSPS) is 14.9. The van der Waals surface area contributed by atoms with Gasteiger partial charge in [0.25, 0.3) is 0 Å². The number of carbonyl (C=O) groups excluding carboxylic acids is 1. The summed E-state index contributed by atoms with van der Waals surface area (Å²) in [5.74, 6) is 0.137. The Hall–Kier alpha value is -2.00. The van der Waals surface area contributed by atoms with Crippen LogP contribution in [0.3, 0.4) is 0 Å². The van der Waals surface area contributed by atoms with Gasteiger partial charge in [0.05, 0.1) is 6.04 Å². The van der Waals surface area contributed by atoms with Gasteiger partial charge >= 0.3 is 0 Å². The molecule has 1 aromatic carbocycles. The zero-order chi connectivity index (χ0) is 12.1. The fraction of sp³-hybridized carbons (Fsp3) is 0.417. The van der Waals surface area contributed by atoms with Crippen molar-refractivity contribution >= 4 is 5.91 Å². The summed E-state index contributed by atoms with van der Waals surface area (Å²) in [6, 6.07) is 9.92. The van der Waals surface area contributed by atoms with E-state index >= 15 is 0 Å². The van der Waals surface area contributed by atoms with E-state index in [1.165, 1.54) is 5.56 Å². The third-order valence-electron chi connectivity index (χ3n) is 2.90. The first-order valence-corrected chi connectivity index (χ1v) is 5.65. The molecule has 1 aliphatic heterocycles. The number of hydrogen-bond acceptors (Lipinski definition) is 2. The molecule has 5 nitrogen and oxygen atoms in total. The summed E-state index contributed by atoms with van der Waals surface area (Å²) in [5.41, 5.74) is 9.41. The lowest BCUT2D eigenvalue weighted by Crippen LogP contribution is -2.52. The number of benzene rings is 1. The van der Waals surface area contributed by atoms with Gasteiger partial charge in [-0.3, -0.25) is 4.79 Å². The highest BCUT2D eigenvalue weighted by atomic mass is 16.2. The van der Waals surface area contributed by atoms with Crippen LogP contribution in [0.25, 0.3) is 10.4 Å². The zero-order valence-corrected chi connectivity index (χ0v) is 9.49. The number of amides is 1. The smallest absolute Gasteiger partial charge is 0.222 e. The van der Waals surface area contributed by atoms with E-state index in [1.54, 1.807) is 4.90 Å². The molecular formula is C12H14N4O. The van der Waals surface area contributed by atoms with Crippen LogP contribution in [0.5, 0.6) is 0 Å². The number of nitrogens with zero attached hydrogens (tertiary/aromatic N) is 4. The SMILES string of the molecule is [N-]=[N+]=NC1CN(C(=O)CCc2ccccc2)C1. The van der Waals surface area contributed by atoms with E-state index < -0.39 is 0 Å². The lowest BCUT2D eigenvalue weighted by Gasteiger charge is -2.36. The molecule has 0 aliphatic carbocycles. The fourth-order valence-corrected chi connectivity index (χ4v) is 1.86. The third kappa shape index (κ3) is 2.98. The summed E-state index contributed by atoms with van der Waals surface area (Å²) in [4.78, 5) is 16.2. The van der Waals surface area contributed by atoms with Gasteiger partial charge in [0.2, 0.25) is 5.91 Å². The molecule has 17 heavy (non-hydrogen) atoms. The first-order valence-electron chi connectivity index (χ1n) is 5.65. The van der Waals surface area contributed by atoms with E-state index in [9.17, 15) is 4.79 Å². The molecule has 2 rings (SSSR count). The minimum atomic E-state index is -0.0272. The maximum atomic E-state index is 11.7. The standard InChI is InChI=1S/C12H14N4O/c13-15-14-11-8-16(9-11)12(17)7-6-10-4-2-1-3-5-10/h1-5,11H,6-9H2. The van der Waals surface area contributed by atoms with Crippen LogP contribution < -0.4 is 0 Å². The molecule has 0 atom stereocenters. The van der Waals surface area contributed by atoms with E-state index in [0.717, 1.165) is 6.42 Å². The first kappa shape index (κ1) is 11.5. The molecule has 1 amide bonds. The Morgan fingerprint density at radius 3 is 2.76 bits per heavy atom. The average Bonchev–Trinajstić information content (AvgIpc) is 2.31. The number of carbonyl (C=O) groups is 1. The summed E-state index contributed by atoms with van der Waals surface area (Å²) >= 11 is 0. The molecule has 0 unspecified atom stereocenters. The molecule has 1 aliphatic rings. The van der Waals surface area contributed by atoms with Gasteiger partial charge in [-0.15, -0.1) is 0 Å². The largest absolute Gasteiger partial charge is 0.342 e. The number of azide groups is 1. The first-order chi connectivity index (χ1) is 8.29. The fourth-order valence-electron chi connectivity index (χ4n) is 1.86. The Balaban J connectivity index is 1.74. The number of aryl methyl sites for hydroxylation is 1. The number of rotatable bonds is 4. The van der Waals surface area contributed by atoms with Crippen molar-refractivity contribution in [3.8, 4) is 0 Å². The molecule has 1 aromatic rings. The molecule has 1 saturated heterocycles. The summed E-state index contributed by atoms with van der Waals surface area (Å²) in [6.07, 6.45) is 1.29. The van der Waals surface area contributed by atoms with Crippen molar-refractivity contribution in [3.63, 3.8) is 0 Å². The van der Waals surface area contributed by atoms with Gasteiger partial charge in [0.1, 0.15) is 0 Å². The Morgan fingerprint density at radius 2 is 2.12 bits per heavy atom. The Kier molecular flexibility index (Phi) is 3.62. The highest BCUT2D eigenvalue weighted by molar-refractivity contribution is 5.77. The Labute approximate surface area is 99.7 Å². The van der Waals surface area contributed by atoms with Crippen LogP contribution in [0, 0.1) is 0 Å². The Bertz CT molecular complexity index is 433. The van der Waals surface area contributed by atoms with Gasteiger partial charge in [-0.25, -0.2) is 0 Å². The lowest BCUT2D eigenvalue weighted by atomic mass is 10.1. The predicted molar refractivity (Wildman–Crippen MR) is 64.3 cm³/mol. The van der Waals surface area contributed by atoms with Gasteiger partial charge in [-0.1, -0.05) is 35.4 Å². The van der Waals surface area contributed by atoms with E-state index in [2.05, 4.69) is 10.0 Å². The molecule has 0 spiro atoms. The van der Waals surface area contributed by atoms with E-state index in [1.807, 2.05) is 30.3 Å². The third-order valence-corrected chi connectivity index (χ3v) is 2.90. The average molecular weight is 230 g/mol. The highest BCUT2D eigenvalue weighted by Crippen LogP contribution is 2.14. The van der Waals surface area contributed by atoms with Crippen LogP contribution >= 0.6 is 0 Å². The van der Waals surface area contributed by atoms with Gasteiger partial charge in [-0.05, 0) is 17.5 Å². The van der Waals surface area contributed by atoms with Crippen molar-refractivity contribution in [2.45, 2.75) is 18.9 Å². The van der Waals surface area contributed by atoms with Crippen LogP contribution in [-0.2, 0) is 11.2 Å². The van der Waals surface area contributed by atoms with Gasteiger partial charge in [0.15, 0.2) is 0 Å². The second-order valence-electron chi connectivity index (χ2n) is 4.14. The van der Waals surface area contributed by atoms with Crippen molar-refractivity contribution in [2.24, 2.45) is 5.11 Å². The van der Waals surface area contributed by atoms with Crippen LogP contribution in [0.4, 0.5) is 0 Å². The maximum absolute atomic E-state index is 11.7. The molecule has 0 N–H and O–H groups in total. The summed E-state index contributed by atoms with van der Waals surface area (Å²) < 4.78 is 0. The highest BCUT2D eigenvalue weighted by Gasteiger charge is 2.28. The molecule has 88 valence electrons. The minimum absolute atomic E-state index is 0.0272. The van der Waals surface area contributed by atoms with Crippen molar-refractivity contribution in [1.82, 2.24) is 4.90 Å². The van der Waals surface area contributed by atoms with Crippen LogP contribution in [0.1, 0.15) is 12.0 Å². The molecular weight excluding hydrogens is 216 g/mol.